The molecule has 6 nitrogen and oxygen atoms in total. The van der Waals surface area contributed by atoms with E-state index < -0.39 is 5.76 Å². The molecule has 2 aromatic heterocycles. The topological polar surface area (TPSA) is 66.4 Å². The lowest BCUT2D eigenvalue weighted by Gasteiger charge is -2.07. The predicted molar refractivity (Wildman–Crippen MR) is 85.5 cm³/mol. The number of fused-ring (bicyclic) bond motifs is 1. The van der Waals surface area contributed by atoms with Crippen LogP contribution in [0.5, 0.6) is 0 Å². The van der Waals surface area contributed by atoms with E-state index in [2.05, 4.69) is 0 Å². The van der Waals surface area contributed by atoms with Crippen molar-refractivity contribution in [2.45, 2.75) is 19.9 Å². The molecule has 0 fully saturated rings. The van der Waals surface area contributed by atoms with Crippen LogP contribution in [0, 0.1) is 6.92 Å². The van der Waals surface area contributed by atoms with Gasteiger partial charge in [0.1, 0.15) is 5.69 Å². The zero-order chi connectivity index (χ0) is 16.4. The first-order valence-electron chi connectivity index (χ1n) is 7.46. The number of nitrogens with zero attached hydrogens (tertiary/aromatic N) is 2. The highest BCUT2D eigenvalue weighted by Gasteiger charge is 2.13. The number of carbonyl (C=O) groups is 1. The quantitative estimate of drug-likeness (QED) is 0.536. The van der Waals surface area contributed by atoms with Gasteiger partial charge in [0.2, 0.25) is 0 Å². The molecule has 0 radical (unpaired) electrons. The Morgan fingerprint density at radius 2 is 2.00 bits per heavy atom. The molecule has 0 N–H and O–H groups in total. The van der Waals surface area contributed by atoms with Gasteiger partial charge in [-0.1, -0.05) is 12.1 Å². The van der Waals surface area contributed by atoms with E-state index in [1.165, 1.54) is 0 Å². The van der Waals surface area contributed by atoms with E-state index >= 15 is 0 Å². The number of hydrogen-bond donors (Lipinski definition) is 0. The van der Waals surface area contributed by atoms with Crippen molar-refractivity contribution in [2.75, 3.05) is 6.61 Å². The standard InChI is InChI=1S/C17H18N2O4/c1-12-8-9-14(18(12)2)16(20)22-11-5-10-19-13-6-3-4-7-15(13)23-17(19)21/h3-4,6-9H,5,10-11H2,1-2H3. The van der Waals surface area contributed by atoms with E-state index in [0.29, 0.717) is 24.2 Å². The summed E-state index contributed by atoms with van der Waals surface area (Å²) < 4.78 is 13.8. The average Bonchev–Trinajstić information content (AvgIpc) is 3.04. The van der Waals surface area contributed by atoms with Crippen molar-refractivity contribution in [3.8, 4) is 0 Å². The maximum atomic E-state index is 12.0. The Bertz CT molecular complexity index is 901. The Kier molecular flexibility index (Phi) is 4.06. The molecule has 120 valence electrons. The van der Waals surface area contributed by atoms with Gasteiger partial charge in [0.25, 0.3) is 0 Å². The summed E-state index contributed by atoms with van der Waals surface area (Å²) in [5, 5.41) is 0. The molecule has 0 aliphatic heterocycles. The molecule has 0 saturated carbocycles. The maximum Gasteiger partial charge on any atom is 0.419 e. The van der Waals surface area contributed by atoms with Crippen molar-refractivity contribution in [3.63, 3.8) is 0 Å². The highest BCUT2D eigenvalue weighted by atomic mass is 16.5. The highest BCUT2D eigenvalue weighted by Crippen LogP contribution is 2.12. The van der Waals surface area contributed by atoms with Gasteiger partial charge in [-0.2, -0.15) is 0 Å². The van der Waals surface area contributed by atoms with E-state index in [9.17, 15) is 9.59 Å². The lowest BCUT2D eigenvalue weighted by atomic mass is 10.3. The number of aryl methyl sites for hydroxylation is 2. The van der Waals surface area contributed by atoms with E-state index in [4.69, 9.17) is 9.15 Å². The van der Waals surface area contributed by atoms with Crippen LogP contribution >= 0.6 is 0 Å². The fourth-order valence-corrected chi connectivity index (χ4v) is 2.51. The van der Waals surface area contributed by atoms with Gasteiger partial charge in [0, 0.05) is 19.3 Å². The van der Waals surface area contributed by atoms with Gasteiger partial charge in [-0.3, -0.25) is 4.57 Å². The smallest absolute Gasteiger partial charge is 0.419 e. The van der Waals surface area contributed by atoms with Gasteiger partial charge in [-0.15, -0.1) is 0 Å². The van der Waals surface area contributed by atoms with E-state index in [1.807, 2.05) is 38.2 Å². The van der Waals surface area contributed by atoms with Gasteiger partial charge in [0.05, 0.1) is 12.1 Å². The number of hydrogen-bond acceptors (Lipinski definition) is 4. The number of aromatic nitrogens is 2. The second kappa shape index (κ2) is 6.16. The highest BCUT2D eigenvalue weighted by molar-refractivity contribution is 5.87. The molecular formula is C17H18N2O4. The third-order valence-electron chi connectivity index (χ3n) is 3.91. The zero-order valence-electron chi connectivity index (χ0n) is 13.1. The molecule has 1 aromatic carbocycles. The molecule has 0 aliphatic carbocycles. The summed E-state index contributed by atoms with van der Waals surface area (Å²) in [4.78, 5) is 23.8. The van der Waals surface area contributed by atoms with Crippen LogP contribution < -0.4 is 5.76 Å². The zero-order valence-corrected chi connectivity index (χ0v) is 13.1. The molecular weight excluding hydrogens is 296 g/mol. The molecule has 23 heavy (non-hydrogen) atoms. The van der Waals surface area contributed by atoms with Crippen LogP contribution in [0.25, 0.3) is 11.1 Å². The van der Waals surface area contributed by atoms with Crippen molar-refractivity contribution in [1.82, 2.24) is 9.13 Å². The van der Waals surface area contributed by atoms with Crippen molar-refractivity contribution in [2.24, 2.45) is 7.05 Å². The minimum atomic E-state index is -0.393. The van der Waals surface area contributed by atoms with E-state index in [1.54, 1.807) is 21.3 Å². The van der Waals surface area contributed by atoms with Gasteiger partial charge in [-0.05, 0) is 37.6 Å². The normalized spacial score (nSPS) is 11.0. The molecule has 3 aromatic rings. The second-order valence-corrected chi connectivity index (χ2v) is 5.40. The molecule has 6 heteroatoms. The first kappa shape index (κ1) is 15.1. The number of esters is 1. The molecule has 0 bridgehead atoms. The fraction of sp³-hybridized carbons (Fsp3) is 0.294. The first-order chi connectivity index (χ1) is 11.1. The molecule has 0 spiro atoms. The van der Waals surface area contributed by atoms with Crippen molar-refractivity contribution < 1.29 is 13.9 Å². The molecule has 0 amide bonds. The Morgan fingerprint density at radius 1 is 1.22 bits per heavy atom. The molecule has 0 saturated heterocycles. The summed E-state index contributed by atoms with van der Waals surface area (Å²) in [5.74, 6) is -0.749. The van der Waals surface area contributed by atoms with Crippen LogP contribution in [-0.2, 0) is 18.3 Å². The van der Waals surface area contributed by atoms with Crippen molar-refractivity contribution >= 4 is 17.1 Å². The molecule has 3 rings (SSSR count). The second-order valence-electron chi connectivity index (χ2n) is 5.40. The Balaban J connectivity index is 1.59. The van der Waals surface area contributed by atoms with Crippen LogP contribution in [0.4, 0.5) is 0 Å². The van der Waals surface area contributed by atoms with Gasteiger partial charge in [0.15, 0.2) is 5.58 Å². The van der Waals surface area contributed by atoms with Crippen LogP contribution in [-0.4, -0.2) is 21.7 Å². The van der Waals surface area contributed by atoms with Crippen LogP contribution in [0.15, 0.2) is 45.6 Å². The number of ether oxygens (including phenoxy) is 1. The Hall–Kier alpha value is -2.76. The number of para-hydroxylation sites is 2. The van der Waals surface area contributed by atoms with Crippen molar-refractivity contribution in [3.05, 3.63) is 58.3 Å². The third kappa shape index (κ3) is 2.92. The summed E-state index contributed by atoms with van der Waals surface area (Å²) in [6.07, 6.45) is 0.540. The summed E-state index contributed by atoms with van der Waals surface area (Å²) in [5.41, 5.74) is 2.83. The third-order valence-corrected chi connectivity index (χ3v) is 3.91. The number of rotatable bonds is 5. The minimum absolute atomic E-state index is 0.245. The summed E-state index contributed by atoms with van der Waals surface area (Å²) in [6.45, 7) is 2.61. The largest absolute Gasteiger partial charge is 0.461 e. The first-order valence-corrected chi connectivity index (χ1v) is 7.46. The SMILES string of the molecule is Cc1ccc(C(=O)OCCCn2c(=O)oc3ccccc32)n1C. The Labute approximate surface area is 132 Å². The summed E-state index contributed by atoms with van der Waals surface area (Å²) >= 11 is 0. The molecule has 0 unspecified atom stereocenters. The lowest BCUT2D eigenvalue weighted by Crippen LogP contribution is -2.17. The summed E-state index contributed by atoms with van der Waals surface area (Å²) in [7, 11) is 1.82. The molecule has 0 atom stereocenters. The molecule has 2 heterocycles. The minimum Gasteiger partial charge on any atom is -0.461 e. The lowest BCUT2D eigenvalue weighted by molar-refractivity contribution is 0.0484. The number of oxazole rings is 1. The van der Waals surface area contributed by atoms with Crippen LogP contribution in [0.1, 0.15) is 22.6 Å². The predicted octanol–water partition coefficient (Wildman–Crippen LogP) is 2.49. The maximum absolute atomic E-state index is 12.0. The van der Waals surface area contributed by atoms with Crippen LogP contribution in [0.2, 0.25) is 0 Å². The van der Waals surface area contributed by atoms with Gasteiger partial charge < -0.3 is 13.7 Å². The fourth-order valence-electron chi connectivity index (χ4n) is 2.51. The van der Waals surface area contributed by atoms with Crippen LogP contribution in [0.3, 0.4) is 0 Å². The average molecular weight is 314 g/mol. The van der Waals surface area contributed by atoms with E-state index in [-0.39, 0.29) is 12.6 Å². The molecule has 0 aliphatic rings. The Morgan fingerprint density at radius 3 is 2.74 bits per heavy atom. The van der Waals surface area contributed by atoms with Crippen molar-refractivity contribution in [1.29, 1.82) is 0 Å². The number of carbonyl (C=O) groups excluding carboxylic acids is 1. The van der Waals surface area contributed by atoms with E-state index in [0.717, 1.165) is 11.2 Å². The monoisotopic (exact) mass is 314 g/mol. The van der Waals surface area contributed by atoms with Gasteiger partial charge >= 0.3 is 11.7 Å². The number of benzene rings is 1. The summed E-state index contributed by atoms with van der Waals surface area (Å²) in [6, 6.07) is 10.9. The van der Waals surface area contributed by atoms with Gasteiger partial charge in [-0.25, -0.2) is 9.59 Å².